The van der Waals surface area contributed by atoms with Gasteiger partial charge in [0.2, 0.25) is 0 Å². The molecule has 0 radical (unpaired) electrons. The number of hydrogen-bond donors (Lipinski definition) is 0. The van der Waals surface area contributed by atoms with Gasteiger partial charge in [-0.2, -0.15) is 0 Å². The molecule has 6 nitrogen and oxygen atoms in total. The first-order valence-corrected chi connectivity index (χ1v) is 12.5. The predicted molar refractivity (Wildman–Crippen MR) is 132 cm³/mol. The van der Waals surface area contributed by atoms with Crippen LogP contribution in [0.3, 0.4) is 0 Å². The van der Waals surface area contributed by atoms with Gasteiger partial charge in [-0.3, -0.25) is 14.9 Å². The van der Waals surface area contributed by atoms with Gasteiger partial charge in [-0.1, -0.05) is 18.2 Å². The van der Waals surface area contributed by atoms with E-state index in [-0.39, 0.29) is 6.09 Å². The van der Waals surface area contributed by atoms with Gasteiger partial charge < -0.3 is 9.64 Å². The second-order valence-electron chi connectivity index (χ2n) is 8.05. The lowest BCUT2D eigenvalue weighted by Crippen LogP contribution is -2.49. The third kappa shape index (κ3) is 7.58. The van der Waals surface area contributed by atoms with E-state index in [0.29, 0.717) is 18.8 Å². The highest BCUT2D eigenvalue weighted by molar-refractivity contribution is 7.99. The van der Waals surface area contributed by atoms with Gasteiger partial charge in [0.15, 0.2) is 0 Å². The van der Waals surface area contributed by atoms with E-state index in [4.69, 9.17) is 4.74 Å². The van der Waals surface area contributed by atoms with Crippen LogP contribution in [0, 0.1) is 0 Å². The van der Waals surface area contributed by atoms with Crippen LogP contribution in [-0.4, -0.2) is 64.3 Å². The molecule has 0 N–H and O–H groups in total. The van der Waals surface area contributed by atoms with Crippen LogP contribution in [0.2, 0.25) is 0 Å². The van der Waals surface area contributed by atoms with Crippen molar-refractivity contribution in [2.45, 2.75) is 24.2 Å². The highest BCUT2D eigenvalue weighted by atomic mass is 32.2. The van der Waals surface area contributed by atoms with Crippen LogP contribution in [0.4, 0.5) is 4.79 Å². The number of aryl methyl sites for hydroxylation is 2. The van der Waals surface area contributed by atoms with E-state index in [0.717, 1.165) is 50.3 Å². The highest BCUT2D eigenvalue weighted by Crippen LogP contribution is 2.20. The average Bonchev–Trinajstić information content (AvgIpc) is 2.87. The van der Waals surface area contributed by atoms with Gasteiger partial charge >= 0.3 is 6.09 Å². The lowest BCUT2D eigenvalue weighted by molar-refractivity contribution is 0.110. The first-order chi connectivity index (χ1) is 16.3. The van der Waals surface area contributed by atoms with Crippen molar-refractivity contribution in [2.75, 3.05) is 38.5 Å². The van der Waals surface area contributed by atoms with Crippen molar-refractivity contribution in [1.29, 1.82) is 0 Å². The lowest BCUT2D eigenvalue weighted by atomic mass is 10.2. The number of hydrogen-bond acceptors (Lipinski definition) is 6. The SMILES string of the molecule is O=C(Oc1ccc(CCSc2ccncc2)cc1)N1CCN(CCCc2ccccn2)CC1. The van der Waals surface area contributed by atoms with Gasteiger partial charge in [-0.25, -0.2) is 4.79 Å². The molecular formula is C26H30N4O2S. The summed E-state index contributed by atoms with van der Waals surface area (Å²) in [5, 5.41) is 0. The number of benzene rings is 1. The van der Waals surface area contributed by atoms with E-state index in [1.54, 1.807) is 4.90 Å². The van der Waals surface area contributed by atoms with Crippen LogP contribution in [0.15, 0.2) is 78.1 Å². The van der Waals surface area contributed by atoms with E-state index in [2.05, 4.69) is 20.9 Å². The zero-order valence-corrected chi connectivity index (χ0v) is 19.6. The summed E-state index contributed by atoms with van der Waals surface area (Å²) >= 11 is 1.81. The van der Waals surface area contributed by atoms with Crippen molar-refractivity contribution in [3.05, 3.63) is 84.4 Å². The van der Waals surface area contributed by atoms with E-state index in [1.807, 2.05) is 78.9 Å². The first-order valence-electron chi connectivity index (χ1n) is 11.5. The predicted octanol–water partition coefficient (Wildman–Crippen LogP) is 4.56. The smallest absolute Gasteiger partial charge is 0.410 e. The molecule has 1 saturated heterocycles. The maximum atomic E-state index is 12.6. The Morgan fingerprint density at radius 1 is 0.909 bits per heavy atom. The number of carbonyl (C=O) groups is 1. The van der Waals surface area contributed by atoms with Crippen LogP contribution >= 0.6 is 11.8 Å². The highest BCUT2D eigenvalue weighted by Gasteiger charge is 2.22. The number of pyridine rings is 2. The molecule has 1 fully saturated rings. The van der Waals surface area contributed by atoms with Crippen LogP contribution < -0.4 is 4.74 Å². The number of piperazine rings is 1. The van der Waals surface area contributed by atoms with Gasteiger partial charge in [0.1, 0.15) is 5.75 Å². The zero-order chi connectivity index (χ0) is 22.7. The van der Waals surface area contributed by atoms with Gasteiger partial charge in [0.05, 0.1) is 0 Å². The van der Waals surface area contributed by atoms with Crippen molar-refractivity contribution in [2.24, 2.45) is 0 Å². The molecule has 0 aliphatic carbocycles. The van der Waals surface area contributed by atoms with Crippen molar-refractivity contribution >= 4 is 17.9 Å². The molecule has 4 rings (SSSR count). The average molecular weight is 463 g/mol. The summed E-state index contributed by atoms with van der Waals surface area (Å²) in [6.07, 6.45) is 8.24. The Bertz CT molecular complexity index is 978. The minimum atomic E-state index is -0.260. The normalized spacial score (nSPS) is 14.2. The summed E-state index contributed by atoms with van der Waals surface area (Å²) < 4.78 is 5.60. The Balaban J connectivity index is 1.14. The molecule has 0 bridgehead atoms. The summed E-state index contributed by atoms with van der Waals surface area (Å²) in [6.45, 7) is 4.19. The van der Waals surface area contributed by atoms with Crippen molar-refractivity contribution < 1.29 is 9.53 Å². The third-order valence-corrected chi connectivity index (χ3v) is 6.72. The molecule has 1 aliphatic heterocycles. The molecule has 3 aromatic rings. The maximum absolute atomic E-state index is 12.6. The molecule has 1 aromatic carbocycles. The summed E-state index contributed by atoms with van der Waals surface area (Å²) in [5.41, 5.74) is 2.37. The number of aromatic nitrogens is 2. The third-order valence-electron chi connectivity index (χ3n) is 5.70. The Morgan fingerprint density at radius 3 is 2.42 bits per heavy atom. The molecule has 0 atom stereocenters. The summed E-state index contributed by atoms with van der Waals surface area (Å²) in [7, 11) is 0. The fraction of sp³-hybridized carbons (Fsp3) is 0.346. The largest absolute Gasteiger partial charge is 0.415 e. The van der Waals surface area contributed by atoms with Crippen LogP contribution in [0.25, 0.3) is 0 Å². The summed E-state index contributed by atoms with van der Waals surface area (Å²) in [5.74, 6) is 1.60. The molecule has 7 heteroatoms. The molecule has 0 saturated carbocycles. The molecule has 33 heavy (non-hydrogen) atoms. The fourth-order valence-electron chi connectivity index (χ4n) is 3.79. The van der Waals surface area contributed by atoms with Gasteiger partial charge in [0, 0.05) is 61.1 Å². The Labute approximate surface area is 200 Å². The number of nitrogens with zero attached hydrogens (tertiary/aromatic N) is 4. The molecule has 0 unspecified atom stereocenters. The zero-order valence-electron chi connectivity index (χ0n) is 18.8. The molecule has 0 spiro atoms. The Kier molecular flexibility index (Phi) is 8.72. The summed E-state index contributed by atoms with van der Waals surface area (Å²) in [6, 6.07) is 17.9. The van der Waals surface area contributed by atoms with Crippen LogP contribution in [0.5, 0.6) is 5.75 Å². The second-order valence-corrected chi connectivity index (χ2v) is 9.21. The van der Waals surface area contributed by atoms with Crippen molar-refractivity contribution in [3.63, 3.8) is 0 Å². The molecule has 1 amide bonds. The molecular weight excluding hydrogens is 432 g/mol. The Hall–Kier alpha value is -2.90. The van der Waals surface area contributed by atoms with Crippen LogP contribution in [-0.2, 0) is 12.8 Å². The number of thioether (sulfide) groups is 1. The van der Waals surface area contributed by atoms with E-state index < -0.39 is 0 Å². The minimum absolute atomic E-state index is 0.260. The molecule has 172 valence electrons. The topological polar surface area (TPSA) is 58.6 Å². The maximum Gasteiger partial charge on any atom is 0.415 e. The quantitative estimate of drug-likeness (QED) is 0.435. The molecule has 1 aliphatic rings. The minimum Gasteiger partial charge on any atom is -0.410 e. The van der Waals surface area contributed by atoms with E-state index in [9.17, 15) is 4.79 Å². The Morgan fingerprint density at radius 2 is 1.70 bits per heavy atom. The first kappa shape index (κ1) is 23.3. The number of carbonyl (C=O) groups excluding carboxylic acids is 1. The second kappa shape index (κ2) is 12.4. The standard InChI is InChI=1S/C26H30N4O2S/c31-26(30-19-17-29(18-20-30)16-3-5-23-4-1-2-13-28-23)32-24-8-6-22(7-9-24)12-21-33-25-10-14-27-15-11-25/h1-2,4,6-11,13-15H,3,5,12,16-21H2. The van der Waals surface area contributed by atoms with Crippen molar-refractivity contribution in [1.82, 2.24) is 19.8 Å². The van der Waals surface area contributed by atoms with Crippen LogP contribution in [0.1, 0.15) is 17.7 Å². The lowest BCUT2D eigenvalue weighted by Gasteiger charge is -2.34. The van der Waals surface area contributed by atoms with Crippen molar-refractivity contribution in [3.8, 4) is 5.75 Å². The fourth-order valence-corrected chi connectivity index (χ4v) is 4.68. The number of amides is 1. The molecule has 2 aromatic heterocycles. The molecule has 3 heterocycles. The van der Waals surface area contributed by atoms with E-state index in [1.165, 1.54) is 10.5 Å². The monoisotopic (exact) mass is 462 g/mol. The number of ether oxygens (including phenoxy) is 1. The number of rotatable bonds is 9. The van der Waals surface area contributed by atoms with Gasteiger partial charge in [0.25, 0.3) is 0 Å². The summed E-state index contributed by atoms with van der Waals surface area (Å²) in [4.78, 5) is 26.4. The van der Waals surface area contributed by atoms with Gasteiger partial charge in [-0.05, 0) is 67.8 Å². The van der Waals surface area contributed by atoms with Gasteiger partial charge in [-0.15, -0.1) is 11.8 Å². The van der Waals surface area contributed by atoms with E-state index >= 15 is 0 Å².